The summed E-state index contributed by atoms with van der Waals surface area (Å²) in [6, 6.07) is 8.95. The monoisotopic (exact) mass is 302 g/mol. The molecule has 0 amide bonds. The zero-order valence-corrected chi connectivity index (χ0v) is 12.7. The number of benzene rings is 1. The Balaban J connectivity index is 2.17. The number of ether oxygens (including phenoxy) is 2. The Morgan fingerprint density at radius 3 is 2.62 bits per heavy atom. The van der Waals surface area contributed by atoms with Crippen molar-refractivity contribution in [2.75, 3.05) is 13.4 Å². The minimum absolute atomic E-state index is 0.334. The Hall–Kier alpha value is -0.323. The van der Waals surface area contributed by atoms with Gasteiger partial charge in [-0.25, -0.2) is 0 Å². The summed E-state index contributed by atoms with van der Waals surface area (Å²) < 4.78 is 11.9. The first-order chi connectivity index (χ1) is 7.47. The molecular formula is C12H19BrO2Si. The van der Waals surface area contributed by atoms with Gasteiger partial charge in [-0.15, -0.1) is 0 Å². The molecule has 0 fully saturated rings. The van der Waals surface area contributed by atoms with Crippen LogP contribution >= 0.6 is 15.9 Å². The summed E-state index contributed by atoms with van der Waals surface area (Å²) in [5.74, 6) is 0.836. The van der Waals surface area contributed by atoms with E-state index in [0.717, 1.165) is 16.8 Å². The maximum Gasteiger partial charge on any atom is 0.189 e. The van der Waals surface area contributed by atoms with Crippen molar-refractivity contribution in [3.63, 3.8) is 0 Å². The molecule has 1 rings (SSSR count). The molecule has 1 aromatic carbocycles. The van der Waals surface area contributed by atoms with Crippen LogP contribution in [0.2, 0.25) is 25.7 Å². The van der Waals surface area contributed by atoms with Crippen LogP contribution in [0.1, 0.15) is 0 Å². The van der Waals surface area contributed by atoms with Gasteiger partial charge in [-0.05, 0) is 24.2 Å². The van der Waals surface area contributed by atoms with Gasteiger partial charge in [0.1, 0.15) is 5.75 Å². The first-order valence-corrected chi connectivity index (χ1v) is 9.93. The fraction of sp³-hybridized carbons (Fsp3) is 0.500. The van der Waals surface area contributed by atoms with Gasteiger partial charge in [0.15, 0.2) is 6.79 Å². The van der Waals surface area contributed by atoms with Gasteiger partial charge in [0.25, 0.3) is 0 Å². The third-order valence-electron chi connectivity index (χ3n) is 2.10. The van der Waals surface area contributed by atoms with Crippen molar-refractivity contribution in [2.24, 2.45) is 0 Å². The lowest BCUT2D eigenvalue weighted by atomic mass is 10.3. The third-order valence-corrected chi connectivity index (χ3v) is 4.30. The third kappa shape index (κ3) is 6.30. The van der Waals surface area contributed by atoms with E-state index in [9.17, 15) is 0 Å². The Kier molecular flexibility index (Phi) is 5.51. The molecular weight excluding hydrogens is 284 g/mol. The molecule has 0 spiro atoms. The van der Waals surface area contributed by atoms with Crippen LogP contribution < -0.4 is 4.74 Å². The molecule has 0 aliphatic heterocycles. The van der Waals surface area contributed by atoms with E-state index < -0.39 is 8.07 Å². The second-order valence-electron chi connectivity index (χ2n) is 4.94. The molecule has 1 aromatic rings. The van der Waals surface area contributed by atoms with Crippen molar-refractivity contribution in [1.82, 2.24) is 0 Å². The summed E-state index contributed by atoms with van der Waals surface area (Å²) in [7, 11) is -0.983. The number of rotatable bonds is 6. The molecule has 0 aromatic heterocycles. The van der Waals surface area contributed by atoms with Crippen molar-refractivity contribution >= 4 is 24.0 Å². The molecule has 16 heavy (non-hydrogen) atoms. The molecule has 0 saturated carbocycles. The largest absolute Gasteiger partial charge is 0.468 e. The van der Waals surface area contributed by atoms with Gasteiger partial charge in [0.2, 0.25) is 0 Å². The Morgan fingerprint density at radius 1 is 1.25 bits per heavy atom. The predicted molar refractivity (Wildman–Crippen MR) is 73.7 cm³/mol. The lowest BCUT2D eigenvalue weighted by Gasteiger charge is -2.15. The van der Waals surface area contributed by atoms with Gasteiger partial charge in [0, 0.05) is 19.2 Å². The molecule has 0 bridgehead atoms. The van der Waals surface area contributed by atoms with Crippen LogP contribution in [-0.2, 0) is 4.74 Å². The standard InChI is InChI=1S/C12H19BrO2Si/c1-16(2,3)8-7-14-10-15-12-6-4-5-11(13)9-12/h4-6,9H,7-8,10H2,1-3H3. The highest BCUT2D eigenvalue weighted by Crippen LogP contribution is 2.17. The van der Waals surface area contributed by atoms with E-state index >= 15 is 0 Å². The summed E-state index contributed by atoms with van der Waals surface area (Å²) in [5, 5.41) is 0. The number of hydrogen-bond donors (Lipinski definition) is 0. The average molecular weight is 303 g/mol. The quantitative estimate of drug-likeness (QED) is 0.447. The second kappa shape index (κ2) is 6.42. The van der Waals surface area contributed by atoms with Gasteiger partial charge < -0.3 is 9.47 Å². The Bertz CT molecular complexity index is 323. The summed E-state index contributed by atoms with van der Waals surface area (Å²) in [5.41, 5.74) is 0. The summed E-state index contributed by atoms with van der Waals surface area (Å²) in [4.78, 5) is 0. The highest BCUT2D eigenvalue weighted by atomic mass is 79.9. The van der Waals surface area contributed by atoms with Gasteiger partial charge in [0.05, 0.1) is 0 Å². The summed E-state index contributed by atoms with van der Waals surface area (Å²) in [6.07, 6.45) is 0. The van der Waals surface area contributed by atoms with Crippen LogP contribution in [0.15, 0.2) is 28.7 Å². The average Bonchev–Trinajstić information content (AvgIpc) is 2.15. The molecule has 0 N–H and O–H groups in total. The van der Waals surface area contributed by atoms with E-state index in [4.69, 9.17) is 9.47 Å². The lowest BCUT2D eigenvalue weighted by Crippen LogP contribution is -2.22. The minimum atomic E-state index is -0.983. The molecule has 2 nitrogen and oxygen atoms in total. The van der Waals surface area contributed by atoms with Crippen LogP contribution in [0.25, 0.3) is 0 Å². The van der Waals surface area contributed by atoms with E-state index in [-0.39, 0.29) is 0 Å². The van der Waals surface area contributed by atoms with Gasteiger partial charge in [-0.1, -0.05) is 41.6 Å². The second-order valence-corrected chi connectivity index (χ2v) is 11.5. The van der Waals surface area contributed by atoms with E-state index in [1.165, 1.54) is 6.04 Å². The summed E-state index contributed by atoms with van der Waals surface area (Å²) >= 11 is 3.40. The van der Waals surface area contributed by atoms with Crippen LogP contribution in [0.5, 0.6) is 5.75 Å². The molecule has 0 heterocycles. The minimum Gasteiger partial charge on any atom is -0.468 e. The van der Waals surface area contributed by atoms with Crippen LogP contribution in [0.4, 0.5) is 0 Å². The van der Waals surface area contributed by atoms with E-state index in [2.05, 4.69) is 35.6 Å². The SMILES string of the molecule is C[Si](C)(C)CCOCOc1cccc(Br)c1. The van der Waals surface area contributed by atoms with Crippen LogP contribution in [0, 0.1) is 0 Å². The van der Waals surface area contributed by atoms with Gasteiger partial charge in [-0.3, -0.25) is 0 Å². The molecule has 0 aliphatic rings. The highest BCUT2D eigenvalue weighted by Gasteiger charge is 2.11. The van der Waals surface area contributed by atoms with Crippen molar-refractivity contribution in [3.8, 4) is 5.75 Å². The molecule has 0 saturated heterocycles. The topological polar surface area (TPSA) is 18.5 Å². The van der Waals surface area contributed by atoms with E-state index in [1.54, 1.807) is 0 Å². The fourth-order valence-corrected chi connectivity index (χ4v) is 2.24. The zero-order valence-electron chi connectivity index (χ0n) is 10.1. The maximum atomic E-state index is 5.46. The van der Waals surface area contributed by atoms with Crippen molar-refractivity contribution in [1.29, 1.82) is 0 Å². The summed E-state index contributed by atoms with van der Waals surface area (Å²) in [6.45, 7) is 8.15. The molecule has 0 aliphatic carbocycles. The van der Waals surface area contributed by atoms with E-state index in [1.807, 2.05) is 24.3 Å². The Morgan fingerprint density at radius 2 is 2.00 bits per heavy atom. The van der Waals surface area contributed by atoms with Crippen molar-refractivity contribution in [3.05, 3.63) is 28.7 Å². The smallest absolute Gasteiger partial charge is 0.189 e. The Labute approximate surface area is 107 Å². The van der Waals surface area contributed by atoms with E-state index in [0.29, 0.717) is 6.79 Å². The molecule has 4 heteroatoms. The molecule has 0 atom stereocenters. The fourth-order valence-electron chi connectivity index (χ4n) is 1.10. The molecule has 90 valence electrons. The van der Waals surface area contributed by atoms with Gasteiger partial charge >= 0.3 is 0 Å². The number of halogens is 1. The normalized spacial score (nSPS) is 11.5. The zero-order chi connectivity index (χ0) is 12.0. The molecule has 0 radical (unpaired) electrons. The van der Waals surface area contributed by atoms with Crippen molar-refractivity contribution in [2.45, 2.75) is 25.7 Å². The lowest BCUT2D eigenvalue weighted by molar-refractivity contribution is 0.0220. The highest BCUT2D eigenvalue weighted by molar-refractivity contribution is 9.10. The van der Waals surface area contributed by atoms with Crippen molar-refractivity contribution < 1.29 is 9.47 Å². The first-order valence-electron chi connectivity index (χ1n) is 5.43. The number of hydrogen-bond acceptors (Lipinski definition) is 2. The molecule has 0 unspecified atom stereocenters. The maximum absolute atomic E-state index is 5.46. The van der Waals surface area contributed by atoms with Crippen LogP contribution in [-0.4, -0.2) is 21.5 Å². The predicted octanol–water partition coefficient (Wildman–Crippen LogP) is 4.14. The van der Waals surface area contributed by atoms with Gasteiger partial charge in [-0.2, -0.15) is 0 Å². The first kappa shape index (κ1) is 13.7. The van der Waals surface area contributed by atoms with Crippen LogP contribution in [0.3, 0.4) is 0 Å².